The van der Waals surface area contributed by atoms with E-state index in [2.05, 4.69) is 6.92 Å². The fourth-order valence-corrected chi connectivity index (χ4v) is 1.90. The predicted octanol–water partition coefficient (Wildman–Crippen LogP) is 2.89. The van der Waals surface area contributed by atoms with Gasteiger partial charge in [-0.3, -0.25) is 0 Å². The molecule has 2 rings (SSSR count). The molecule has 0 unspecified atom stereocenters. The standard InChI is InChI=1S/C13H16O2/c1-9-8-12(9)10(2)15-13(14)11-6-4-3-5-7-11/h3-7,9-10,12H,8H2,1-2H3/t9-,10-,12-/m0/s1. The number of carbonyl (C=O) groups is 1. The molecule has 1 saturated carbocycles. The second kappa shape index (κ2) is 4.05. The Morgan fingerprint density at radius 1 is 1.40 bits per heavy atom. The van der Waals surface area contributed by atoms with Crippen molar-refractivity contribution < 1.29 is 9.53 Å². The van der Waals surface area contributed by atoms with Crippen LogP contribution in [0.25, 0.3) is 0 Å². The number of hydrogen-bond acceptors (Lipinski definition) is 2. The van der Waals surface area contributed by atoms with Crippen molar-refractivity contribution in [3.8, 4) is 0 Å². The summed E-state index contributed by atoms with van der Waals surface area (Å²) in [6, 6.07) is 9.15. The first kappa shape index (κ1) is 10.2. The van der Waals surface area contributed by atoms with Crippen LogP contribution in [0.15, 0.2) is 30.3 Å². The minimum Gasteiger partial charge on any atom is -0.459 e. The summed E-state index contributed by atoms with van der Waals surface area (Å²) in [5, 5.41) is 0. The Labute approximate surface area is 90.3 Å². The van der Waals surface area contributed by atoms with Gasteiger partial charge in [0.1, 0.15) is 6.10 Å². The van der Waals surface area contributed by atoms with Crippen LogP contribution in [-0.4, -0.2) is 12.1 Å². The number of hydrogen-bond donors (Lipinski definition) is 0. The molecule has 0 saturated heterocycles. The molecule has 0 N–H and O–H groups in total. The van der Waals surface area contributed by atoms with Gasteiger partial charge in [-0.25, -0.2) is 4.79 Å². The minimum atomic E-state index is -0.206. The third kappa shape index (κ3) is 2.38. The van der Waals surface area contributed by atoms with Crippen LogP contribution in [0.4, 0.5) is 0 Å². The van der Waals surface area contributed by atoms with Crippen LogP contribution >= 0.6 is 0 Å². The van der Waals surface area contributed by atoms with Crippen LogP contribution in [0.5, 0.6) is 0 Å². The van der Waals surface area contributed by atoms with E-state index in [9.17, 15) is 4.79 Å². The van der Waals surface area contributed by atoms with E-state index < -0.39 is 0 Å². The number of carbonyl (C=O) groups excluding carboxylic acids is 1. The van der Waals surface area contributed by atoms with Gasteiger partial charge in [0.25, 0.3) is 0 Å². The largest absolute Gasteiger partial charge is 0.459 e. The lowest BCUT2D eigenvalue weighted by Gasteiger charge is -2.12. The van der Waals surface area contributed by atoms with E-state index in [-0.39, 0.29) is 12.1 Å². The molecule has 0 heterocycles. The van der Waals surface area contributed by atoms with Crippen molar-refractivity contribution in [1.29, 1.82) is 0 Å². The third-order valence-electron chi connectivity index (χ3n) is 3.08. The zero-order valence-corrected chi connectivity index (χ0v) is 9.14. The van der Waals surface area contributed by atoms with Gasteiger partial charge in [0.05, 0.1) is 5.56 Å². The predicted molar refractivity (Wildman–Crippen MR) is 58.6 cm³/mol. The van der Waals surface area contributed by atoms with Gasteiger partial charge in [-0.2, -0.15) is 0 Å². The molecule has 3 atom stereocenters. The van der Waals surface area contributed by atoms with E-state index in [1.165, 1.54) is 6.42 Å². The Morgan fingerprint density at radius 2 is 2.00 bits per heavy atom. The quantitative estimate of drug-likeness (QED) is 0.708. The lowest BCUT2D eigenvalue weighted by molar-refractivity contribution is 0.0284. The molecule has 15 heavy (non-hydrogen) atoms. The van der Waals surface area contributed by atoms with Gasteiger partial charge in [0.2, 0.25) is 0 Å². The average Bonchev–Trinajstić information content (AvgIpc) is 2.97. The Bertz CT molecular complexity index is 345. The fourth-order valence-electron chi connectivity index (χ4n) is 1.90. The second-order valence-electron chi connectivity index (χ2n) is 4.35. The first-order valence-electron chi connectivity index (χ1n) is 5.44. The lowest BCUT2D eigenvalue weighted by Crippen LogP contribution is -2.17. The average molecular weight is 204 g/mol. The summed E-state index contributed by atoms with van der Waals surface area (Å²) in [5.41, 5.74) is 0.637. The highest BCUT2D eigenvalue weighted by Crippen LogP contribution is 2.41. The first-order chi connectivity index (χ1) is 7.18. The topological polar surface area (TPSA) is 26.3 Å². The molecule has 1 aliphatic carbocycles. The lowest BCUT2D eigenvalue weighted by atomic mass is 10.2. The van der Waals surface area contributed by atoms with Crippen LogP contribution in [0.3, 0.4) is 0 Å². The van der Waals surface area contributed by atoms with Crippen molar-refractivity contribution in [3.05, 3.63) is 35.9 Å². The number of benzene rings is 1. The highest BCUT2D eigenvalue weighted by molar-refractivity contribution is 5.89. The van der Waals surface area contributed by atoms with Crippen LogP contribution in [0.2, 0.25) is 0 Å². The van der Waals surface area contributed by atoms with Crippen molar-refractivity contribution in [3.63, 3.8) is 0 Å². The van der Waals surface area contributed by atoms with Gasteiger partial charge >= 0.3 is 5.97 Å². The zero-order chi connectivity index (χ0) is 10.8. The second-order valence-corrected chi connectivity index (χ2v) is 4.35. The van der Waals surface area contributed by atoms with Crippen molar-refractivity contribution in [2.24, 2.45) is 11.8 Å². The summed E-state index contributed by atoms with van der Waals surface area (Å²) in [6.45, 7) is 4.17. The molecular formula is C13H16O2. The molecule has 1 aliphatic rings. The summed E-state index contributed by atoms with van der Waals surface area (Å²) >= 11 is 0. The minimum absolute atomic E-state index is 0.0488. The number of esters is 1. The molecular weight excluding hydrogens is 188 g/mol. The molecule has 1 aromatic rings. The molecule has 1 fully saturated rings. The molecule has 2 heteroatoms. The third-order valence-corrected chi connectivity index (χ3v) is 3.08. The highest BCUT2D eigenvalue weighted by atomic mass is 16.5. The molecule has 2 nitrogen and oxygen atoms in total. The number of rotatable bonds is 3. The fraction of sp³-hybridized carbons (Fsp3) is 0.462. The van der Waals surface area contributed by atoms with Gasteiger partial charge in [-0.1, -0.05) is 25.1 Å². The van der Waals surface area contributed by atoms with E-state index in [4.69, 9.17) is 4.74 Å². The normalized spacial score (nSPS) is 25.7. The van der Waals surface area contributed by atoms with Crippen LogP contribution in [-0.2, 0) is 4.74 Å². The first-order valence-corrected chi connectivity index (χ1v) is 5.44. The van der Waals surface area contributed by atoms with Crippen LogP contribution < -0.4 is 0 Å². The van der Waals surface area contributed by atoms with Crippen molar-refractivity contribution >= 4 is 5.97 Å². The van der Waals surface area contributed by atoms with Crippen molar-refractivity contribution in [1.82, 2.24) is 0 Å². The molecule has 80 valence electrons. The summed E-state index contributed by atoms with van der Waals surface area (Å²) in [6.07, 6.45) is 1.23. The van der Waals surface area contributed by atoms with Gasteiger partial charge in [0, 0.05) is 0 Å². The van der Waals surface area contributed by atoms with Gasteiger partial charge < -0.3 is 4.74 Å². The maximum absolute atomic E-state index is 11.7. The van der Waals surface area contributed by atoms with E-state index in [0.717, 1.165) is 0 Å². The highest BCUT2D eigenvalue weighted by Gasteiger charge is 2.39. The maximum atomic E-state index is 11.7. The van der Waals surface area contributed by atoms with E-state index >= 15 is 0 Å². The van der Waals surface area contributed by atoms with E-state index in [1.807, 2.05) is 25.1 Å². The van der Waals surface area contributed by atoms with Crippen molar-refractivity contribution in [2.45, 2.75) is 26.4 Å². The monoisotopic (exact) mass is 204 g/mol. The summed E-state index contributed by atoms with van der Waals surface area (Å²) in [4.78, 5) is 11.7. The zero-order valence-electron chi connectivity index (χ0n) is 9.14. The SMILES string of the molecule is C[C@H](OC(=O)c1ccccc1)[C@H]1C[C@@H]1C. The smallest absolute Gasteiger partial charge is 0.338 e. The molecule has 1 aromatic carbocycles. The Balaban J connectivity index is 1.92. The summed E-state index contributed by atoms with van der Waals surface area (Å²) in [7, 11) is 0. The van der Waals surface area contributed by atoms with Gasteiger partial charge in [-0.05, 0) is 37.3 Å². The molecule has 0 spiro atoms. The van der Waals surface area contributed by atoms with E-state index in [1.54, 1.807) is 12.1 Å². The van der Waals surface area contributed by atoms with Gasteiger partial charge in [0.15, 0.2) is 0 Å². The number of ether oxygens (including phenoxy) is 1. The molecule has 0 bridgehead atoms. The van der Waals surface area contributed by atoms with Crippen LogP contribution in [0, 0.1) is 11.8 Å². The van der Waals surface area contributed by atoms with Crippen molar-refractivity contribution in [2.75, 3.05) is 0 Å². The van der Waals surface area contributed by atoms with E-state index in [0.29, 0.717) is 17.4 Å². The maximum Gasteiger partial charge on any atom is 0.338 e. The Hall–Kier alpha value is -1.31. The Kier molecular flexibility index (Phi) is 2.76. The Morgan fingerprint density at radius 3 is 2.53 bits per heavy atom. The molecule has 0 aliphatic heterocycles. The van der Waals surface area contributed by atoms with Crippen LogP contribution in [0.1, 0.15) is 30.6 Å². The summed E-state index contributed by atoms with van der Waals surface area (Å²) < 4.78 is 5.39. The van der Waals surface area contributed by atoms with Gasteiger partial charge in [-0.15, -0.1) is 0 Å². The summed E-state index contributed by atoms with van der Waals surface area (Å²) in [5.74, 6) is 1.07. The molecule has 0 amide bonds. The molecule has 0 radical (unpaired) electrons. The molecule has 0 aromatic heterocycles.